The van der Waals surface area contributed by atoms with Crippen molar-refractivity contribution < 1.29 is 18.4 Å². The zero-order chi connectivity index (χ0) is 25.1. The van der Waals surface area contributed by atoms with Crippen molar-refractivity contribution in [2.24, 2.45) is 0 Å². The van der Waals surface area contributed by atoms with Gasteiger partial charge in [0, 0.05) is 6.07 Å². The van der Waals surface area contributed by atoms with Crippen molar-refractivity contribution in [2.45, 2.75) is 97.1 Å². The molecule has 0 saturated heterocycles. The largest absolute Gasteiger partial charge is 0.543 e. The van der Waals surface area contributed by atoms with Crippen LogP contribution in [-0.4, -0.2) is 29.7 Å². The van der Waals surface area contributed by atoms with E-state index in [2.05, 4.69) is 74.3 Å². The number of carbonyl (C=O) groups excluding carboxylic acids is 1. The fourth-order valence-electron chi connectivity index (χ4n) is 2.66. The van der Waals surface area contributed by atoms with Gasteiger partial charge in [0.15, 0.2) is 0 Å². The zero-order valence-electron chi connectivity index (χ0n) is 22.0. The van der Waals surface area contributed by atoms with Gasteiger partial charge in [0.25, 0.3) is 16.6 Å². The molecule has 182 valence electrons. The molecular formula is C25H43ClO4Si2. The van der Waals surface area contributed by atoms with E-state index in [9.17, 15) is 4.79 Å². The minimum absolute atomic E-state index is 0.000797. The van der Waals surface area contributed by atoms with Gasteiger partial charge in [-0.15, -0.1) is 6.58 Å². The molecular weight excluding hydrogens is 456 g/mol. The fraction of sp³-hybridized carbons (Fsp3) is 0.640. The molecule has 0 heterocycles. The van der Waals surface area contributed by atoms with E-state index in [4.69, 9.17) is 25.2 Å². The summed E-state index contributed by atoms with van der Waals surface area (Å²) in [5.41, 5.74) is 1.14. The predicted molar refractivity (Wildman–Crippen MR) is 142 cm³/mol. The molecule has 0 atom stereocenters. The number of allylic oxidation sites excluding steroid dienone is 1. The van der Waals surface area contributed by atoms with Gasteiger partial charge in [-0.25, -0.2) is 4.79 Å². The van der Waals surface area contributed by atoms with Crippen molar-refractivity contribution in [3.8, 4) is 11.5 Å². The number of ether oxygens (including phenoxy) is 1. The van der Waals surface area contributed by atoms with Crippen molar-refractivity contribution in [1.29, 1.82) is 0 Å². The maximum absolute atomic E-state index is 12.9. The number of esters is 1. The molecule has 0 aliphatic heterocycles. The van der Waals surface area contributed by atoms with Crippen LogP contribution in [0.3, 0.4) is 0 Å². The summed E-state index contributed by atoms with van der Waals surface area (Å²) < 4.78 is 18.4. The van der Waals surface area contributed by atoms with Crippen LogP contribution in [0.2, 0.25) is 41.3 Å². The summed E-state index contributed by atoms with van der Waals surface area (Å²) in [6, 6.07) is 1.81. The first-order chi connectivity index (χ1) is 14.4. The van der Waals surface area contributed by atoms with Gasteiger partial charge in [0.05, 0.1) is 12.1 Å². The molecule has 4 nitrogen and oxygen atoms in total. The maximum atomic E-state index is 12.9. The van der Waals surface area contributed by atoms with Crippen molar-refractivity contribution in [1.82, 2.24) is 0 Å². The number of methoxy groups -OCH3 is 1. The Kier molecular flexibility index (Phi) is 9.31. The second-order valence-corrected chi connectivity index (χ2v) is 21.3. The van der Waals surface area contributed by atoms with E-state index in [0.29, 0.717) is 28.5 Å². The standard InChI is InChI=1S/C25H43ClO4Si2/c1-13-14-15-16-18-21(23(27)28-8)19(29-31(9,10)24(2,3)4)17-20(22(18)26)30-32(11,12)25(5,6)7/h13,17H,1,14-16H2,2-12H3. The summed E-state index contributed by atoms with van der Waals surface area (Å²) in [6.45, 7) is 25.6. The topological polar surface area (TPSA) is 44.8 Å². The van der Waals surface area contributed by atoms with Crippen LogP contribution < -0.4 is 8.85 Å². The van der Waals surface area contributed by atoms with Crippen LogP contribution in [0, 0.1) is 0 Å². The highest BCUT2D eigenvalue weighted by molar-refractivity contribution is 6.75. The molecule has 7 heteroatoms. The van der Waals surface area contributed by atoms with E-state index >= 15 is 0 Å². The van der Waals surface area contributed by atoms with Crippen LogP contribution in [0.4, 0.5) is 0 Å². The van der Waals surface area contributed by atoms with E-state index in [0.717, 1.165) is 18.4 Å². The Morgan fingerprint density at radius 3 is 1.88 bits per heavy atom. The number of benzene rings is 1. The SMILES string of the molecule is C=CCCCc1c(Cl)c(O[Si](C)(C)C(C)(C)C)cc(O[Si](C)(C)C(C)(C)C)c1C(=O)OC. The lowest BCUT2D eigenvalue weighted by molar-refractivity contribution is 0.0597. The Balaban J connectivity index is 3.81. The van der Waals surface area contributed by atoms with Crippen LogP contribution in [0.25, 0.3) is 0 Å². The molecule has 0 saturated carbocycles. The second kappa shape index (κ2) is 10.3. The van der Waals surface area contributed by atoms with E-state index in [1.54, 1.807) is 0 Å². The average Bonchev–Trinajstić information content (AvgIpc) is 2.62. The predicted octanol–water partition coefficient (Wildman–Crippen LogP) is 8.40. The lowest BCUT2D eigenvalue weighted by Gasteiger charge is -2.39. The molecule has 0 aromatic heterocycles. The summed E-state index contributed by atoms with van der Waals surface area (Å²) in [5, 5.41) is 0.437. The Bertz CT molecular complexity index is 834. The van der Waals surface area contributed by atoms with Gasteiger partial charge in [-0.1, -0.05) is 59.2 Å². The van der Waals surface area contributed by atoms with E-state index in [-0.39, 0.29) is 10.1 Å². The molecule has 1 aromatic rings. The third-order valence-electron chi connectivity index (χ3n) is 6.86. The van der Waals surface area contributed by atoms with Crippen LogP contribution >= 0.6 is 11.6 Å². The number of carbonyl (C=O) groups is 1. The monoisotopic (exact) mass is 498 g/mol. The van der Waals surface area contributed by atoms with Gasteiger partial charge in [-0.2, -0.15) is 0 Å². The first kappa shape index (κ1) is 28.8. The van der Waals surface area contributed by atoms with Crippen LogP contribution in [0.15, 0.2) is 18.7 Å². The molecule has 0 amide bonds. The van der Waals surface area contributed by atoms with Crippen molar-refractivity contribution in [3.63, 3.8) is 0 Å². The van der Waals surface area contributed by atoms with Crippen molar-refractivity contribution in [3.05, 3.63) is 34.9 Å². The van der Waals surface area contributed by atoms with Crippen molar-refractivity contribution in [2.75, 3.05) is 7.11 Å². The smallest absolute Gasteiger partial charge is 0.341 e. The number of hydrogen-bond acceptors (Lipinski definition) is 4. The molecule has 0 bridgehead atoms. The third kappa shape index (κ3) is 6.64. The molecule has 0 fully saturated rings. The minimum Gasteiger partial charge on any atom is -0.543 e. The number of rotatable bonds is 9. The summed E-state index contributed by atoms with van der Waals surface area (Å²) in [5.74, 6) is 0.663. The van der Waals surface area contributed by atoms with Gasteiger partial charge in [-0.3, -0.25) is 0 Å². The molecule has 0 N–H and O–H groups in total. The Morgan fingerprint density at radius 2 is 1.47 bits per heavy atom. The van der Waals surface area contributed by atoms with Crippen LogP contribution in [0.1, 0.15) is 70.3 Å². The number of halogens is 1. The molecule has 0 aliphatic carbocycles. The van der Waals surface area contributed by atoms with Crippen molar-refractivity contribution >= 4 is 34.2 Å². The highest BCUT2D eigenvalue weighted by Crippen LogP contribution is 2.46. The maximum Gasteiger partial charge on any atom is 0.341 e. The normalized spacial score (nSPS) is 13.0. The minimum atomic E-state index is -2.24. The summed E-state index contributed by atoms with van der Waals surface area (Å²) >= 11 is 6.90. The Labute approximate surface area is 202 Å². The third-order valence-corrected chi connectivity index (χ3v) is 16.0. The highest BCUT2D eigenvalue weighted by atomic mass is 35.5. The molecule has 32 heavy (non-hydrogen) atoms. The van der Waals surface area contributed by atoms with Crippen LogP contribution in [0.5, 0.6) is 11.5 Å². The van der Waals surface area contributed by atoms with E-state index in [1.807, 2.05) is 12.1 Å². The quantitative estimate of drug-likeness (QED) is 0.148. The molecule has 1 aromatic carbocycles. The molecule has 0 aliphatic rings. The number of hydrogen-bond donors (Lipinski definition) is 0. The Hall–Kier alpha value is -1.25. The highest BCUT2D eigenvalue weighted by Gasteiger charge is 2.42. The van der Waals surface area contributed by atoms with Gasteiger partial charge in [0.1, 0.15) is 17.1 Å². The fourth-order valence-corrected chi connectivity index (χ4v) is 5.04. The number of unbranched alkanes of at least 4 members (excludes halogenated alkanes) is 1. The van der Waals surface area contributed by atoms with E-state index < -0.39 is 22.6 Å². The zero-order valence-corrected chi connectivity index (χ0v) is 24.8. The summed E-state index contributed by atoms with van der Waals surface area (Å²) in [7, 11) is -3.03. The van der Waals surface area contributed by atoms with Gasteiger partial charge in [-0.05, 0) is 61.1 Å². The van der Waals surface area contributed by atoms with Gasteiger partial charge in [0.2, 0.25) is 0 Å². The van der Waals surface area contributed by atoms with Gasteiger partial charge >= 0.3 is 5.97 Å². The molecule has 0 spiro atoms. The second-order valence-electron chi connectivity index (χ2n) is 11.4. The molecule has 1 rings (SSSR count). The average molecular weight is 499 g/mol. The lowest BCUT2D eigenvalue weighted by Crippen LogP contribution is -2.45. The first-order valence-electron chi connectivity index (χ1n) is 11.3. The Morgan fingerprint density at radius 1 is 1.00 bits per heavy atom. The van der Waals surface area contributed by atoms with E-state index in [1.165, 1.54) is 7.11 Å². The molecule has 0 unspecified atom stereocenters. The molecule has 0 radical (unpaired) electrons. The summed E-state index contributed by atoms with van der Waals surface area (Å²) in [4.78, 5) is 12.9. The summed E-state index contributed by atoms with van der Waals surface area (Å²) in [6.07, 6.45) is 4.12. The van der Waals surface area contributed by atoms with Gasteiger partial charge < -0.3 is 13.6 Å². The lowest BCUT2D eigenvalue weighted by atomic mass is 10.00. The first-order valence-corrected chi connectivity index (χ1v) is 17.5. The van der Waals surface area contributed by atoms with Crippen LogP contribution in [-0.2, 0) is 11.2 Å².